The molecule has 14 heteroatoms. The number of para-hydroxylation sites is 1. The molecule has 0 amide bonds. The first-order valence-corrected chi connectivity index (χ1v) is 14.9. The molecule has 0 aliphatic carbocycles. The topological polar surface area (TPSA) is 115 Å². The zero-order valence-electron chi connectivity index (χ0n) is 20.6. The minimum absolute atomic E-state index is 0.00417. The zero-order chi connectivity index (χ0) is 26.7. The molecule has 1 aliphatic rings. The first kappa shape index (κ1) is 27.1. The molecular weight excluding hydrogens is 544 g/mol. The molecule has 198 valence electrons. The van der Waals surface area contributed by atoms with E-state index in [2.05, 4.69) is 36.7 Å². The SMILES string of the molecule is COc1cc2c(cc1Nc1ncc(Cl)c(Nc3cccc(OS(=O)(=O)F)c3OP(C)C)n1)CN(C)CC2. The number of methoxy groups -OCH3 is 1. The smallest absolute Gasteiger partial charge is 0.488 e. The number of halogens is 2. The van der Waals surface area contributed by atoms with Gasteiger partial charge in [-0.05, 0) is 62.2 Å². The molecule has 0 atom stereocenters. The quantitative estimate of drug-likeness (QED) is 0.262. The van der Waals surface area contributed by atoms with Crippen LogP contribution < -0.4 is 24.1 Å². The van der Waals surface area contributed by atoms with Gasteiger partial charge >= 0.3 is 10.5 Å². The second-order valence-electron chi connectivity index (χ2n) is 8.46. The van der Waals surface area contributed by atoms with Crippen molar-refractivity contribution in [1.29, 1.82) is 0 Å². The van der Waals surface area contributed by atoms with Crippen LogP contribution in [0, 0.1) is 0 Å². The number of hydrogen-bond acceptors (Lipinski definition) is 10. The van der Waals surface area contributed by atoms with E-state index in [-0.39, 0.29) is 34.0 Å². The number of benzene rings is 2. The van der Waals surface area contributed by atoms with Gasteiger partial charge < -0.3 is 29.0 Å². The van der Waals surface area contributed by atoms with Gasteiger partial charge in [-0.1, -0.05) is 21.6 Å². The normalized spacial score (nSPS) is 13.7. The number of likely N-dealkylation sites (N-methyl/N-ethyl adjacent to an activating group) is 1. The number of hydrogen-bond donors (Lipinski definition) is 2. The first-order chi connectivity index (χ1) is 17.5. The molecule has 2 heterocycles. The van der Waals surface area contributed by atoms with E-state index >= 15 is 0 Å². The van der Waals surface area contributed by atoms with Gasteiger partial charge in [0.05, 0.1) is 32.8 Å². The van der Waals surface area contributed by atoms with E-state index < -0.39 is 18.7 Å². The Morgan fingerprint density at radius 1 is 1.14 bits per heavy atom. The van der Waals surface area contributed by atoms with E-state index in [1.54, 1.807) is 26.5 Å². The first-order valence-electron chi connectivity index (χ1n) is 11.1. The van der Waals surface area contributed by atoms with Crippen LogP contribution in [-0.2, 0) is 23.5 Å². The van der Waals surface area contributed by atoms with Gasteiger partial charge in [0.25, 0.3) is 0 Å². The summed E-state index contributed by atoms with van der Waals surface area (Å²) in [4.78, 5) is 11.0. The fourth-order valence-corrected chi connectivity index (χ4v) is 4.86. The summed E-state index contributed by atoms with van der Waals surface area (Å²) in [5.74, 6) is 0.797. The van der Waals surface area contributed by atoms with Crippen LogP contribution in [0.15, 0.2) is 36.5 Å². The number of anilines is 4. The molecule has 0 fully saturated rings. The average Bonchev–Trinajstić information content (AvgIpc) is 2.81. The molecule has 0 radical (unpaired) electrons. The van der Waals surface area contributed by atoms with E-state index in [1.165, 1.54) is 29.5 Å². The predicted octanol–water partition coefficient (Wildman–Crippen LogP) is 5.24. The summed E-state index contributed by atoms with van der Waals surface area (Å²) < 4.78 is 51.4. The van der Waals surface area contributed by atoms with Crippen molar-refractivity contribution in [3.8, 4) is 17.2 Å². The lowest BCUT2D eigenvalue weighted by atomic mass is 9.99. The van der Waals surface area contributed by atoms with Crippen LogP contribution in [0.4, 0.5) is 27.0 Å². The third-order valence-corrected chi connectivity index (χ3v) is 6.61. The molecule has 0 unspecified atom stereocenters. The second kappa shape index (κ2) is 11.2. The highest BCUT2D eigenvalue weighted by atomic mass is 35.5. The van der Waals surface area contributed by atoms with Crippen molar-refractivity contribution in [1.82, 2.24) is 14.9 Å². The van der Waals surface area contributed by atoms with Crippen LogP contribution in [-0.4, -0.2) is 57.3 Å². The Hall–Kier alpha value is -2.92. The average molecular weight is 570 g/mol. The molecule has 37 heavy (non-hydrogen) atoms. The molecule has 3 aromatic rings. The summed E-state index contributed by atoms with van der Waals surface area (Å²) in [6, 6.07) is 8.39. The molecule has 0 saturated carbocycles. The van der Waals surface area contributed by atoms with Crippen LogP contribution >= 0.6 is 19.7 Å². The van der Waals surface area contributed by atoms with Crippen LogP contribution in [0.1, 0.15) is 11.1 Å². The maximum absolute atomic E-state index is 13.3. The lowest BCUT2D eigenvalue weighted by molar-refractivity contribution is 0.312. The molecule has 0 saturated heterocycles. The molecule has 1 aromatic heterocycles. The number of rotatable bonds is 9. The minimum atomic E-state index is -5.27. The molecule has 2 aromatic carbocycles. The Morgan fingerprint density at radius 2 is 1.92 bits per heavy atom. The fourth-order valence-electron chi connectivity index (χ4n) is 3.82. The predicted molar refractivity (Wildman–Crippen MR) is 143 cm³/mol. The van der Waals surface area contributed by atoms with Gasteiger partial charge in [0.2, 0.25) is 5.95 Å². The monoisotopic (exact) mass is 569 g/mol. The second-order valence-corrected chi connectivity index (χ2v) is 11.6. The maximum atomic E-state index is 13.3. The Kier molecular flexibility index (Phi) is 8.23. The molecular formula is C23H26ClFN5O5PS. The summed E-state index contributed by atoms with van der Waals surface area (Å²) >= 11 is 6.35. The van der Waals surface area contributed by atoms with Gasteiger partial charge in [0.1, 0.15) is 10.8 Å². The van der Waals surface area contributed by atoms with Crippen molar-refractivity contribution >= 4 is 53.4 Å². The molecule has 4 rings (SSSR count). The van der Waals surface area contributed by atoms with Gasteiger partial charge in [-0.2, -0.15) is 13.4 Å². The molecule has 2 N–H and O–H groups in total. The van der Waals surface area contributed by atoms with Crippen molar-refractivity contribution < 1.29 is 25.7 Å². The Balaban J connectivity index is 1.66. The van der Waals surface area contributed by atoms with Gasteiger partial charge in [-0.25, -0.2) is 4.98 Å². The molecule has 0 bridgehead atoms. The molecule has 1 aliphatic heterocycles. The van der Waals surface area contributed by atoms with Crippen molar-refractivity contribution in [2.75, 3.05) is 44.7 Å². The van der Waals surface area contributed by atoms with E-state index in [4.69, 9.17) is 20.9 Å². The van der Waals surface area contributed by atoms with E-state index in [0.29, 0.717) is 11.4 Å². The third kappa shape index (κ3) is 6.89. The summed E-state index contributed by atoms with van der Waals surface area (Å²) in [5, 5.41) is 6.39. The highest BCUT2D eigenvalue weighted by Gasteiger charge is 2.21. The van der Waals surface area contributed by atoms with Crippen molar-refractivity contribution in [2.24, 2.45) is 0 Å². The summed E-state index contributed by atoms with van der Waals surface area (Å²) in [5.41, 5.74) is 3.39. The number of ether oxygens (including phenoxy) is 1. The van der Waals surface area contributed by atoms with Gasteiger partial charge in [0.15, 0.2) is 17.3 Å². The van der Waals surface area contributed by atoms with Crippen LogP contribution in [0.5, 0.6) is 17.2 Å². The lowest BCUT2D eigenvalue weighted by Crippen LogP contribution is -2.26. The van der Waals surface area contributed by atoms with Crippen molar-refractivity contribution in [2.45, 2.75) is 13.0 Å². The van der Waals surface area contributed by atoms with E-state index in [9.17, 15) is 12.3 Å². The number of nitrogens with one attached hydrogen (secondary N) is 2. The standard InChI is InChI=1S/C23H26ClFN5O5PS/c1-30-9-8-14-11-20(33-2)18(10-15(14)13-30)28-23-26-12-16(24)22(29-23)27-17-6-5-7-19(35-37(25,31)32)21(17)34-36(3)4/h5-7,10-12H,8-9,13H2,1-4H3,(H2,26,27,28,29). The molecule has 0 spiro atoms. The van der Waals surface area contributed by atoms with Gasteiger partial charge in [-0.3, -0.25) is 0 Å². The summed E-state index contributed by atoms with van der Waals surface area (Å²) in [6.45, 7) is 5.38. The number of aromatic nitrogens is 2. The van der Waals surface area contributed by atoms with Gasteiger partial charge in [-0.15, -0.1) is 0 Å². The highest BCUT2D eigenvalue weighted by Crippen LogP contribution is 2.44. The summed E-state index contributed by atoms with van der Waals surface area (Å²) in [6.07, 6.45) is 2.35. The summed E-state index contributed by atoms with van der Waals surface area (Å²) in [7, 11) is -2.62. The fraction of sp³-hybridized carbons (Fsp3) is 0.304. The Bertz CT molecular complexity index is 1410. The maximum Gasteiger partial charge on any atom is 0.488 e. The highest BCUT2D eigenvalue weighted by molar-refractivity contribution is 7.81. The van der Waals surface area contributed by atoms with Crippen molar-refractivity contribution in [3.63, 3.8) is 0 Å². The van der Waals surface area contributed by atoms with E-state index in [0.717, 1.165) is 19.5 Å². The Morgan fingerprint density at radius 3 is 2.62 bits per heavy atom. The number of nitrogens with zero attached hydrogens (tertiary/aromatic N) is 3. The third-order valence-electron chi connectivity index (χ3n) is 5.41. The van der Waals surface area contributed by atoms with E-state index in [1.807, 2.05) is 12.1 Å². The lowest BCUT2D eigenvalue weighted by Gasteiger charge is -2.26. The Labute approximate surface area is 221 Å². The minimum Gasteiger partial charge on any atom is -0.495 e. The van der Waals surface area contributed by atoms with Crippen LogP contribution in [0.25, 0.3) is 0 Å². The largest absolute Gasteiger partial charge is 0.495 e. The zero-order valence-corrected chi connectivity index (χ0v) is 23.0. The molecule has 10 nitrogen and oxygen atoms in total. The van der Waals surface area contributed by atoms with Crippen LogP contribution in [0.3, 0.4) is 0 Å². The number of fused-ring (bicyclic) bond motifs is 1. The van der Waals surface area contributed by atoms with Crippen molar-refractivity contribution in [3.05, 3.63) is 52.7 Å². The van der Waals surface area contributed by atoms with Gasteiger partial charge in [0, 0.05) is 13.1 Å². The van der Waals surface area contributed by atoms with Crippen LogP contribution in [0.2, 0.25) is 5.02 Å².